The molecule has 0 atom stereocenters. The lowest BCUT2D eigenvalue weighted by atomic mass is 10.2. The van der Waals surface area contributed by atoms with Crippen molar-refractivity contribution in [3.8, 4) is 0 Å². The van der Waals surface area contributed by atoms with E-state index in [0.717, 1.165) is 11.3 Å². The highest BCUT2D eigenvalue weighted by molar-refractivity contribution is 7.89. The van der Waals surface area contributed by atoms with Gasteiger partial charge < -0.3 is 4.90 Å². The molecule has 0 aliphatic heterocycles. The molecule has 0 bridgehead atoms. The number of sulfonamides is 1. The molecule has 0 radical (unpaired) electrons. The molecule has 0 saturated heterocycles. The number of anilines is 1. The van der Waals surface area contributed by atoms with Gasteiger partial charge in [0.25, 0.3) is 5.91 Å². The fourth-order valence-corrected chi connectivity index (χ4v) is 3.82. The van der Waals surface area contributed by atoms with Gasteiger partial charge in [-0.25, -0.2) is 18.6 Å². The Kier molecular flexibility index (Phi) is 9.40. The largest absolute Gasteiger partial charge is 0.369 e. The van der Waals surface area contributed by atoms with E-state index in [-0.39, 0.29) is 4.90 Å². The Morgan fingerprint density at radius 1 is 1.00 bits per heavy atom. The Bertz CT molecular complexity index is 901. The zero-order valence-electron chi connectivity index (χ0n) is 15.6. The molecule has 0 aliphatic carbocycles. The van der Waals surface area contributed by atoms with Gasteiger partial charge >= 0.3 is 0 Å². The Balaban J connectivity index is 1.85. The maximum atomic E-state index is 12.1. The molecule has 0 saturated carbocycles. The first-order valence-corrected chi connectivity index (χ1v) is 11.3. The summed E-state index contributed by atoms with van der Waals surface area (Å²) in [4.78, 5) is 14.0. The monoisotopic (exact) mass is 456 g/mol. The Hall–Kier alpha value is -2.13. The van der Waals surface area contributed by atoms with Crippen LogP contribution in [0.15, 0.2) is 64.6 Å². The van der Waals surface area contributed by atoms with Crippen molar-refractivity contribution >= 4 is 51.0 Å². The van der Waals surface area contributed by atoms with E-state index in [0.29, 0.717) is 24.8 Å². The highest BCUT2D eigenvalue weighted by Gasteiger charge is 2.14. The van der Waals surface area contributed by atoms with Gasteiger partial charge in [0.2, 0.25) is 10.0 Å². The van der Waals surface area contributed by atoms with Gasteiger partial charge in [0.15, 0.2) is 0 Å². The van der Waals surface area contributed by atoms with Crippen LogP contribution in [0.5, 0.6) is 0 Å². The van der Waals surface area contributed by atoms with Crippen LogP contribution >= 0.6 is 23.2 Å². The van der Waals surface area contributed by atoms with E-state index in [1.807, 2.05) is 24.3 Å². The van der Waals surface area contributed by atoms with Crippen LogP contribution in [0.25, 0.3) is 0 Å². The topological polar surface area (TPSA) is 90.9 Å². The summed E-state index contributed by atoms with van der Waals surface area (Å²) in [5, 5.41) is 3.85. The molecule has 0 heterocycles. The Morgan fingerprint density at radius 3 is 2.21 bits per heavy atom. The summed E-state index contributed by atoms with van der Waals surface area (Å²) in [5.74, 6) is 0.424. The minimum Gasteiger partial charge on any atom is -0.369 e. The number of halogens is 2. The molecule has 2 aromatic rings. The van der Waals surface area contributed by atoms with Crippen molar-refractivity contribution in [2.45, 2.75) is 4.90 Å². The molecule has 2 aromatic carbocycles. The van der Waals surface area contributed by atoms with Crippen molar-refractivity contribution in [3.05, 3.63) is 60.2 Å². The summed E-state index contributed by atoms with van der Waals surface area (Å²) in [5.41, 5.74) is 4.05. The van der Waals surface area contributed by atoms with E-state index < -0.39 is 22.5 Å². The van der Waals surface area contributed by atoms with Gasteiger partial charge in [0.1, 0.15) is 0 Å². The first kappa shape index (κ1) is 23.2. The van der Waals surface area contributed by atoms with Gasteiger partial charge in [0.05, 0.1) is 17.7 Å². The molecule has 1 amide bonds. The Morgan fingerprint density at radius 2 is 1.62 bits per heavy atom. The number of rotatable bonds is 11. The molecule has 0 fully saturated rings. The molecule has 29 heavy (non-hydrogen) atoms. The second kappa shape index (κ2) is 11.8. The number of hydrogen-bond donors (Lipinski definition) is 2. The van der Waals surface area contributed by atoms with Gasteiger partial charge in [-0.15, -0.1) is 23.2 Å². The number of nitrogens with one attached hydrogen (secondary N) is 2. The van der Waals surface area contributed by atoms with Gasteiger partial charge in [0, 0.05) is 30.5 Å². The Labute approximate surface area is 180 Å². The summed E-state index contributed by atoms with van der Waals surface area (Å²) in [6.45, 7) is 0.965. The maximum Gasteiger partial charge on any atom is 0.255 e. The standard InChI is InChI=1S/C19H22Cl2N4O3S/c20-10-12-25(13-11-21)17-8-6-16(7-9-17)14-22-24-19(26)15-23-29(27,28)18-4-2-1-3-5-18/h1-9,14,23H,10-13,15H2,(H,24,26)/b22-14-. The first-order valence-electron chi connectivity index (χ1n) is 8.80. The van der Waals surface area contributed by atoms with E-state index in [1.54, 1.807) is 18.2 Å². The van der Waals surface area contributed by atoms with Crippen LogP contribution in [0.2, 0.25) is 0 Å². The normalized spacial score (nSPS) is 11.5. The van der Waals surface area contributed by atoms with Gasteiger partial charge in [-0.3, -0.25) is 4.79 Å². The zero-order chi connectivity index (χ0) is 21.1. The minimum absolute atomic E-state index is 0.0915. The zero-order valence-corrected chi connectivity index (χ0v) is 17.9. The van der Waals surface area contributed by atoms with Crippen LogP contribution in [-0.2, 0) is 14.8 Å². The molecule has 156 valence electrons. The highest BCUT2D eigenvalue weighted by Crippen LogP contribution is 2.15. The molecule has 10 heteroatoms. The lowest BCUT2D eigenvalue weighted by Crippen LogP contribution is -2.34. The molecule has 0 aromatic heterocycles. The fraction of sp³-hybridized carbons (Fsp3) is 0.263. The van der Waals surface area contributed by atoms with E-state index in [1.165, 1.54) is 18.3 Å². The summed E-state index contributed by atoms with van der Waals surface area (Å²) in [6, 6.07) is 15.3. The third-order valence-electron chi connectivity index (χ3n) is 3.85. The number of carbonyl (C=O) groups excluding carboxylic acids is 1. The molecule has 0 unspecified atom stereocenters. The average Bonchev–Trinajstić information content (AvgIpc) is 2.73. The minimum atomic E-state index is -3.74. The fourth-order valence-electron chi connectivity index (χ4n) is 2.41. The highest BCUT2D eigenvalue weighted by atomic mass is 35.5. The van der Waals surface area contributed by atoms with Crippen LogP contribution in [-0.4, -0.2) is 51.9 Å². The maximum absolute atomic E-state index is 12.1. The number of hydrazone groups is 1. The lowest BCUT2D eigenvalue weighted by Gasteiger charge is -2.22. The molecule has 2 rings (SSSR count). The van der Waals surface area contributed by atoms with Crippen LogP contribution in [0.3, 0.4) is 0 Å². The summed E-state index contributed by atoms with van der Waals surface area (Å²) >= 11 is 11.6. The van der Waals surface area contributed by atoms with Crippen molar-refractivity contribution in [3.63, 3.8) is 0 Å². The number of carbonyl (C=O) groups is 1. The smallest absolute Gasteiger partial charge is 0.255 e. The summed E-state index contributed by atoms with van der Waals surface area (Å²) < 4.78 is 26.4. The van der Waals surface area contributed by atoms with E-state index >= 15 is 0 Å². The average molecular weight is 457 g/mol. The molecular formula is C19H22Cl2N4O3S. The van der Waals surface area contributed by atoms with E-state index in [9.17, 15) is 13.2 Å². The molecule has 2 N–H and O–H groups in total. The predicted octanol–water partition coefficient (Wildman–Crippen LogP) is 2.40. The van der Waals surface area contributed by atoms with Crippen molar-refractivity contribution in [1.29, 1.82) is 0 Å². The second-order valence-electron chi connectivity index (χ2n) is 5.89. The van der Waals surface area contributed by atoms with Gasteiger partial charge in [-0.05, 0) is 29.8 Å². The number of amides is 1. The molecule has 0 aliphatic rings. The van der Waals surface area contributed by atoms with E-state index in [4.69, 9.17) is 23.2 Å². The molecule has 0 spiro atoms. The van der Waals surface area contributed by atoms with Crippen molar-refractivity contribution in [2.24, 2.45) is 5.10 Å². The summed E-state index contributed by atoms with van der Waals surface area (Å²) in [6.07, 6.45) is 1.47. The van der Waals surface area contributed by atoms with Crippen LogP contribution in [0, 0.1) is 0 Å². The van der Waals surface area contributed by atoms with Crippen molar-refractivity contribution in [2.75, 3.05) is 36.3 Å². The van der Waals surface area contributed by atoms with Crippen molar-refractivity contribution in [1.82, 2.24) is 10.1 Å². The lowest BCUT2D eigenvalue weighted by molar-refractivity contribution is -0.119. The number of benzene rings is 2. The van der Waals surface area contributed by atoms with Gasteiger partial charge in [-0.2, -0.15) is 5.10 Å². The number of nitrogens with zero attached hydrogens (tertiary/aromatic N) is 2. The van der Waals surface area contributed by atoms with Crippen LogP contribution < -0.4 is 15.0 Å². The number of hydrogen-bond acceptors (Lipinski definition) is 5. The third-order valence-corrected chi connectivity index (χ3v) is 5.60. The third kappa shape index (κ3) is 7.66. The SMILES string of the molecule is O=C(CNS(=O)(=O)c1ccccc1)N/N=C\c1ccc(N(CCCl)CCCl)cc1. The summed E-state index contributed by atoms with van der Waals surface area (Å²) in [7, 11) is -3.74. The second-order valence-corrected chi connectivity index (χ2v) is 8.41. The molecule has 7 nitrogen and oxygen atoms in total. The van der Waals surface area contributed by atoms with Crippen LogP contribution in [0.4, 0.5) is 5.69 Å². The van der Waals surface area contributed by atoms with Crippen molar-refractivity contribution < 1.29 is 13.2 Å². The number of alkyl halides is 2. The quantitative estimate of drug-likeness (QED) is 0.308. The molecular weight excluding hydrogens is 435 g/mol. The van der Waals surface area contributed by atoms with Gasteiger partial charge in [-0.1, -0.05) is 30.3 Å². The first-order chi connectivity index (χ1) is 14.0. The predicted molar refractivity (Wildman–Crippen MR) is 117 cm³/mol. The van der Waals surface area contributed by atoms with E-state index in [2.05, 4.69) is 20.1 Å². The van der Waals surface area contributed by atoms with Crippen LogP contribution in [0.1, 0.15) is 5.56 Å².